The minimum atomic E-state index is -3.28. The van der Waals surface area contributed by atoms with Gasteiger partial charge in [-0.1, -0.05) is 13.8 Å². The second-order valence-electron chi connectivity index (χ2n) is 4.80. The average molecular weight is 249 g/mol. The van der Waals surface area contributed by atoms with Gasteiger partial charge in [-0.2, -0.15) is 12.7 Å². The van der Waals surface area contributed by atoms with Crippen molar-refractivity contribution in [2.24, 2.45) is 5.41 Å². The zero-order chi connectivity index (χ0) is 12.2. The van der Waals surface area contributed by atoms with E-state index in [2.05, 4.69) is 17.0 Å². The van der Waals surface area contributed by atoms with Crippen molar-refractivity contribution in [3.05, 3.63) is 0 Å². The topological polar surface area (TPSA) is 61.4 Å². The van der Waals surface area contributed by atoms with Gasteiger partial charge in [-0.3, -0.25) is 0 Å². The van der Waals surface area contributed by atoms with Gasteiger partial charge in [0, 0.05) is 20.1 Å². The molecule has 1 rings (SSSR count). The standard InChI is InChI=1S/C10H23N3O2S/c1-4-13(3)16(14,15)12-9-10(2)5-7-11-8-6-10/h11-12H,4-9H2,1-3H3. The van der Waals surface area contributed by atoms with Crippen LogP contribution in [0.3, 0.4) is 0 Å². The predicted octanol–water partition coefficient (Wildman–Crippen LogP) is 0.162. The number of piperidine rings is 1. The van der Waals surface area contributed by atoms with Crippen LogP contribution in [0.2, 0.25) is 0 Å². The Balaban J connectivity index is 2.50. The normalized spacial score (nSPS) is 21.2. The summed E-state index contributed by atoms with van der Waals surface area (Å²) in [5.41, 5.74) is 0.0902. The summed E-state index contributed by atoms with van der Waals surface area (Å²) in [4.78, 5) is 0. The summed E-state index contributed by atoms with van der Waals surface area (Å²) in [5, 5.41) is 3.28. The van der Waals surface area contributed by atoms with Crippen molar-refractivity contribution >= 4 is 10.2 Å². The largest absolute Gasteiger partial charge is 0.317 e. The van der Waals surface area contributed by atoms with Gasteiger partial charge in [0.15, 0.2) is 0 Å². The molecule has 0 radical (unpaired) electrons. The van der Waals surface area contributed by atoms with Crippen molar-refractivity contribution in [3.8, 4) is 0 Å². The van der Waals surface area contributed by atoms with Crippen LogP contribution in [-0.4, -0.2) is 45.9 Å². The van der Waals surface area contributed by atoms with Gasteiger partial charge in [-0.15, -0.1) is 0 Å². The van der Waals surface area contributed by atoms with Crippen LogP contribution >= 0.6 is 0 Å². The fourth-order valence-corrected chi connectivity index (χ4v) is 2.84. The molecule has 0 amide bonds. The highest BCUT2D eigenvalue weighted by atomic mass is 32.2. The highest BCUT2D eigenvalue weighted by Crippen LogP contribution is 2.26. The fourth-order valence-electron chi connectivity index (χ4n) is 1.75. The van der Waals surface area contributed by atoms with Crippen LogP contribution in [0.1, 0.15) is 26.7 Å². The van der Waals surface area contributed by atoms with Gasteiger partial charge in [0.05, 0.1) is 0 Å². The minimum absolute atomic E-state index is 0.0902. The van der Waals surface area contributed by atoms with Gasteiger partial charge in [0.1, 0.15) is 0 Å². The predicted molar refractivity (Wildman–Crippen MR) is 65.4 cm³/mol. The number of hydrogen-bond donors (Lipinski definition) is 2. The van der Waals surface area contributed by atoms with E-state index >= 15 is 0 Å². The van der Waals surface area contributed by atoms with Crippen LogP contribution in [0.4, 0.5) is 0 Å². The van der Waals surface area contributed by atoms with Crippen LogP contribution < -0.4 is 10.0 Å². The molecule has 2 N–H and O–H groups in total. The third-order valence-corrected chi connectivity index (χ3v) is 4.94. The second kappa shape index (κ2) is 5.44. The number of nitrogens with one attached hydrogen (secondary N) is 2. The quantitative estimate of drug-likeness (QED) is 0.730. The summed E-state index contributed by atoms with van der Waals surface area (Å²) in [6, 6.07) is 0. The third-order valence-electron chi connectivity index (χ3n) is 3.35. The number of hydrogen-bond acceptors (Lipinski definition) is 3. The van der Waals surface area contributed by atoms with E-state index in [1.807, 2.05) is 6.92 Å². The second-order valence-corrected chi connectivity index (χ2v) is 6.66. The lowest BCUT2D eigenvalue weighted by molar-refractivity contribution is 0.231. The van der Waals surface area contributed by atoms with Crippen LogP contribution in [0.15, 0.2) is 0 Å². The summed E-state index contributed by atoms with van der Waals surface area (Å²) in [6.45, 7) is 6.94. The molecular weight excluding hydrogens is 226 g/mol. The first kappa shape index (κ1) is 13.9. The van der Waals surface area contributed by atoms with Gasteiger partial charge in [-0.25, -0.2) is 4.72 Å². The Morgan fingerprint density at radius 1 is 1.38 bits per heavy atom. The average Bonchev–Trinajstić information content (AvgIpc) is 2.27. The molecule has 0 bridgehead atoms. The number of rotatable bonds is 5. The summed E-state index contributed by atoms with van der Waals surface area (Å²) >= 11 is 0. The van der Waals surface area contributed by atoms with Crippen LogP contribution in [0.25, 0.3) is 0 Å². The summed E-state index contributed by atoms with van der Waals surface area (Å²) in [6.07, 6.45) is 2.04. The molecule has 0 unspecified atom stereocenters. The molecule has 0 spiro atoms. The Labute approximate surface area is 98.8 Å². The lowest BCUT2D eigenvalue weighted by Crippen LogP contribution is -2.46. The Bertz CT molecular complexity index is 310. The maximum Gasteiger partial charge on any atom is 0.279 e. The first-order valence-electron chi connectivity index (χ1n) is 5.81. The van der Waals surface area contributed by atoms with Crippen molar-refractivity contribution in [1.82, 2.24) is 14.3 Å². The molecule has 0 atom stereocenters. The van der Waals surface area contributed by atoms with E-state index < -0.39 is 10.2 Å². The van der Waals surface area contributed by atoms with Crippen molar-refractivity contribution < 1.29 is 8.42 Å². The molecule has 1 aliphatic heterocycles. The van der Waals surface area contributed by atoms with Gasteiger partial charge >= 0.3 is 0 Å². The van der Waals surface area contributed by atoms with E-state index in [4.69, 9.17) is 0 Å². The molecule has 1 heterocycles. The molecule has 96 valence electrons. The molecule has 6 heteroatoms. The molecule has 1 aliphatic rings. The van der Waals surface area contributed by atoms with Gasteiger partial charge in [-0.05, 0) is 31.3 Å². The monoisotopic (exact) mass is 249 g/mol. The molecule has 16 heavy (non-hydrogen) atoms. The van der Waals surface area contributed by atoms with Crippen molar-refractivity contribution in [2.45, 2.75) is 26.7 Å². The molecule has 5 nitrogen and oxygen atoms in total. The summed E-state index contributed by atoms with van der Waals surface area (Å²) < 4.78 is 27.5. The van der Waals surface area contributed by atoms with E-state index in [1.165, 1.54) is 4.31 Å². The maximum absolute atomic E-state index is 11.7. The molecule has 0 saturated carbocycles. The van der Waals surface area contributed by atoms with Crippen LogP contribution in [-0.2, 0) is 10.2 Å². The van der Waals surface area contributed by atoms with E-state index in [1.54, 1.807) is 7.05 Å². The Morgan fingerprint density at radius 2 is 1.94 bits per heavy atom. The Morgan fingerprint density at radius 3 is 2.44 bits per heavy atom. The molecule has 0 aromatic rings. The first-order chi connectivity index (χ1) is 7.40. The van der Waals surface area contributed by atoms with Gasteiger partial charge in [0.25, 0.3) is 10.2 Å². The van der Waals surface area contributed by atoms with Crippen molar-refractivity contribution in [2.75, 3.05) is 33.2 Å². The van der Waals surface area contributed by atoms with E-state index in [0.29, 0.717) is 13.1 Å². The third kappa shape index (κ3) is 3.69. The van der Waals surface area contributed by atoms with E-state index in [9.17, 15) is 8.42 Å². The van der Waals surface area contributed by atoms with Crippen molar-refractivity contribution in [1.29, 1.82) is 0 Å². The molecular formula is C10H23N3O2S. The lowest BCUT2D eigenvalue weighted by Gasteiger charge is -2.34. The Kier molecular flexibility index (Phi) is 4.73. The van der Waals surface area contributed by atoms with Crippen LogP contribution in [0.5, 0.6) is 0 Å². The summed E-state index contributed by atoms with van der Waals surface area (Å²) in [5.74, 6) is 0. The fraction of sp³-hybridized carbons (Fsp3) is 1.00. The Hall–Kier alpha value is -0.170. The van der Waals surface area contributed by atoms with Gasteiger partial charge in [0.2, 0.25) is 0 Å². The minimum Gasteiger partial charge on any atom is -0.317 e. The van der Waals surface area contributed by atoms with Crippen LogP contribution in [0, 0.1) is 5.41 Å². The zero-order valence-corrected chi connectivity index (χ0v) is 11.2. The summed E-state index contributed by atoms with van der Waals surface area (Å²) in [7, 11) is -1.69. The first-order valence-corrected chi connectivity index (χ1v) is 7.25. The smallest absolute Gasteiger partial charge is 0.279 e. The SMILES string of the molecule is CCN(C)S(=O)(=O)NCC1(C)CCNCC1. The lowest BCUT2D eigenvalue weighted by atomic mass is 9.81. The molecule has 0 aliphatic carbocycles. The zero-order valence-electron chi connectivity index (χ0n) is 10.4. The van der Waals surface area contributed by atoms with E-state index in [0.717, 1.165) is 25.9 Å². The van der Waals surface area contributed by atoms with E-state index in [-0.39, 0.29) is 5.41 Å². The molecule has 0 aromatic carbocycles. The molecule has 1 fully saturated rings. The highest BCUT2D eigenvalue weighted by Gasteiger charge is 2.28. The maximum atomic E-state index is 11.7. The highest BCUT2D eigenvalue weighted by molar-refractivity contribution is 7.87. The van der Waals surface area contributed by atoms with Gasteiger partial charge < -0.3 is 5.32 Å². The molecule has 0 aromatic heterocycles. The number of nitrogens with zero attached hydrogens (tertiary/aromatic N) is 1. The van der Waals surface area contributed by atoms with Crippen molar-refractivity contribution in [3.63, 3.8) is 0 Å². The molecule has 1 saturated heterocycles.